The van der Waals surface area contributed by atoms with Crippen LogP contribution in [0, 0.1) is 0 Å². The minimum Gasteiger partial charge on any atom is -0.349 e. The number of carbonyl (C=O) groups excluding carboxylic acids is 2. The average Bonchev–Trinajstić information content (AvgIpc) is 3.65. The molecule has 0 bridgehead atoms. The molecule has 2 aromatic carbocycles. The highest BCUT2D eigenvalue weighted by atomic mass is 16.2. The lowest BCUT2D eigenvalue weighted by molar-refractivity contribution is -0.130. The van der Waals surface area contributed by atoms with Crippen LogP contribution in [0.1, 0.15) is 35.7 Å². The van der Waals surface area contributed by atoms with Crippen molar-refractivity contribution in [3.8, 4) is 11.3 Å². The fraction of sp³-hybridized carbons (Fsp3) is 0.310. The second kappa shape index (κ2) is 10.3. The monoisotopic (exact) mass is 509 g/mol. The highest BCUT2D eigenvalue weighted by molar-refractivity contribution is 5.95. The summed E-state index contributed by atoms with van der Waals surface area (Å²) in [7, 11) is 0. The molecule has 4 aromatic rings. The van der Waals surface area contributed by atoms with Gasteiger partial charge in [0.15, 0.2) is 5.65 Å². The third kappa shape index (κ3) is 5.38. The van der Waals surface area contributed by atoms with Crippen molar-refractivity contribution in [1.29, 1.82) is 0 Å². The quantitative estimate of drug-likeness (QED) is 0.395. The lowest BCUT2D eigenvalue weighted by Gasteiger charge is -2.34. The van der Waals surface area contributed by atoms with Gasteiger partial charge in [-0.1, -0.05) is 30.3 Å². The first-order valence-corrected chi connectivity index (χ1v) is 13.1. The second-order valence-electron chi connectivity index (χ2n) is 10.0. The smallest absolute Gasteiger partial charge is 0.251 e. The van der Waals surface area contributed by atoms with Gasteiger partial charge in [-0.25, -0.2) is 4.52 Å². The van der Waals surface area contributed by atoms with Gasteiger partial charge in [0.25, 0.3) is 5.91 Å². The Morgan fingerprint density at radius 1 is 0.921 bits per heavy atom. The average molecular weight is 510 g/mol. The second-order valence-corrected chi connectivity index (χ2v) is 10.0. The molecule has 1 saturated carbocycles. The number of fused-ring (bicyclic) bond motifs is 1. The highest BCUT2D eigenvalue weighted by Gasteiger charge is 2.23. The van der Waals surface area contributed by atoms with Gasteiger partial charge in [-0.15, -0.1) is 5.10 Å². The van der Waals surface area contributed by atoms with Crippen LogP contribution in [-0.4, -0.2) is 68.4 Å². The van der Waals surface area contributed by atoms with E-state index in [0.717, 1.165) is 68.2 Å². The number of nitrogens with one attached hydrogen (secondary N) is 2. The summed E-state index contributed by atoms with van der Waals surface area (Å²) in [6.45, 7) is 5.88. The van der Waals surface area contributed by atoms with E-state index in [4.69, 9.17) is 5.10 Å². The summed E-state index contributed by atoms with van der Waals surface area (Å²) >= 11 is 0. The molecule has 194 valence electrons. The maximum absolute atomic E-state index is 12.2. The molecule has 0 unspecified atom stereocenters. The van der Waals surface area contributed by atoms with E-state index in [1.165, 1.54) is 5.56 Å². The Morgan fingerprint density at radius 2 is 1.66 bits per heavy atom. The van der Waals surface area contributed by atoms with Crippen LogP contribution in [0.15, 0.2) is 66.7 Å². The SMILES string of the molecule is CC(=O)N1CCN(Cc2ccc(-c3cccc4nc(Nc5ccc(C(=O)NC6CC6)cc5)nn34)cc2)CC1. The molecule has 0 radical (unpaired) electrons. The maximum Gasteiger partial charge on any atom is 0.251 e. The summed E-state index contributed by atoms with van der Waals surface area (Å²) in [5.41, 5.74) is 5.47. The molecule has 0 spiro atoms. The van der Waals surface area contributed by atoms with Crippen molar-refractivity contribution in [2.45, 2.75) is 32.4 Å². The number of hydrogen-bond donors (Lipinski definition) is 2. The zero-order valence-corrected chi connectivity index (χ0v) is 21.4. The molecule has 0 atom stereocenters. The van der Waals surface area contributed by atoms with Crippen molar-refractivity contribution in [2.75, 3.05) is 31.5 Å². The number of carbonyl (C=O) groups is 2. The molecule has 38 heavy (non-hydrogen) atoms. The molecule has 2 aromatic heterocycles. The van der Waals surface area contributed by atoms with Crippen LogP contribution in [0.5, 0.6) is 0 Å². The number of amides is 2. The zero-order valence-electron chi connectivity index (χ0n) is 21.4. The Morgan fingerprint density at radius 3 is 2.34 bits per heavy atom. The van der Waals surface area contributed by atoms with E-state index >= 15 is 0 Å². The number of rotatable bonds is 7. The standard InChI is InChI=1S/C29H31N7O2/c1-20(37)35-17-15-34(16-18-35)19-21-5-7-22(8-6-21)26-3-2-4-27-32-29(33-36(26)27)31-25-11-9-23(10-12-25)28(38)30-24-13-14-24/h2-12,24H,13-19H2,1H3,(H,30,38)(H,31,33). The van der Waals surface area contributed by atoms with Gasteiger partial charge in [0.2, 0.25) is 11.9 Å². The number of nitrogens with zero attached hydrogens (tertiary/aromatic N) is 5. The summed E-state index contributed by atoms with van der Waals surface area (Å²) in [5.74, 6) is 0.616. The normalized spacial score (nSPS) is 16.0. The van der Waals surface area contributed by atoms with Crippen LogP contribution >= 0.6 is 0 Å². The third-order valence-electron chi connectivity index (χ3n) is 7.15. The van der Waals surface area contributed by atoms with E-state index in [-0.39, 0.29) is 11.8 Å². The van der Waals surface area contributed by atoms with Gasteiger partial charge in [0.1, 0.15) is 0 Å². The largest absolute Gasteiger partial charge is 0.349 e. The van der Waals surface area contributed by atoms with Gasteiger partial charge in [0.05, 0.1) is 5.69 Å². The summed E-state index contributed by atoms with van der Waals surface area (Å²) in [5, 5.41) is 11.0. The summed E-state index contributed by atoms with van der Waals surface area (Å²) in [6, 6.07) is 22.2. The minimum absolute atomic E-state index is 0.0314. The van der Waals surface area contributed by atoms with E-state index < -0.39 is 0 Å². The molecule has 2 aliphatic rings. The van der Waals surface area contributed by atoms with Gasteiger partial charge in [-0.2, -0.15) is 4.98 Å². The summed E-state index contributed by atoms with van der Waals surface area (Å²) in [4.78, 5) is 32.7. The van der Waals surface area contributed by atoms with Gasteiger partial charge in [0, 0.05) is 62.5 Å². The van der Waals surface area contributed by atoms with Crippen molar-refractivity contribution in [3.63, 3.8) is 0 Å². The summed E-state index contributed by atoms with van der Waals surface area (Å²) in [6.07, 6.45) is 2.13. The Balaban J connectivity index is 1.13. The number of benzene rings is 2. The lowest BCUT2D eigenvalue weighted by atomic mass is 10.1. The molecule has 2 N–H and O–H groups in total. The van der Waals surface area contributed by atoms with Crippen LogP contribution in [0.2, 0.25) is 0 Å². The van der Waals surface area contributed by atoms with Gasteiger partial charge in [-0.05, 0) is 54.8 Å². The molecule has 1 saturated heterocycles. The van der Waals surface area contributed by atoms with Crippen LogP contribution < -0.4 is 10.6 Å². The van der Waals surface area contributed by atoms with Crippen molar-refractivity contribution in [3.05, 3.63) is 77.9 Å². The van der Waals surface area contributed by atoms with Crippen molar-refractivity contribution in [1.82, 2.24) is 29.7 Å². The van der Waals surface area contributed by atoms with Crippen molar-refractivity contribution < 1.29 is 9.59 Å². The van der Waals surface area contributed by atoms with E-state index in [9.17, 15) is 9.59 Å². The third-order valence-corrected chi connectivity index (χ3v) is 7.15. The highest BCUT2D eigenvalue weighted by Crippen LogP contribution is 2.24. The maximum atomic E-state index is 12.2. The fourth-order valence-corrected chi connectivity index (χ4v) is 4.77. The summed E-state index contributed by atoms with van der Waals surface area (Å²) < 4.78 is 1.84. The molecule has 2 fully saturated rings. The molecule has 1 aliphatic carbocycles. The first-order valence-electron chi connectivity index (χ1n) is 13.1. The number of aromatic nitrogens is 3. The molecule has 3 heterocycles. The fourth-order valence-electron chi connectivity index (χ4n) is 4.77. The topological polar surface area (TPSA) is 94.9 Å². The van der Waals surface area contributed by atoms with E-state index in [1.54, 1.807) is 6.92 Å². The molecule has 6 rings (SSSR count). The molecule has 1 aliphatic heterocycles. The number of piperazine rings is 1. The van der Waals surface area contributed by atoms with Crippen LogP contribution in [-0.2, 0) is 11.3 Å². The molecular formula is C29H31N7O2. The number of anilines is 2. The van der Waals surface area contributed by atoms with Crippen LogP contribution in [0.25, 0.3) is 16.9 Å². The molecule has 2 amide bonds. The Kier molecular flexibility index (Phi) is 6.51. The van der Waals surface area contributed by atoms with Gasteiger partial charge >= 0.3 is 0 Å². The predicted molar refractivity (Wildman–Crippen MR) is 146 cm³/mol. The Bertz CT molecular complexity index is 1450. The van der Waals surface area contributed by atoms with Crippen molar-refractivity contribution in [2.24, 2.45) is 0 Å². The predicted octanol–water partition coefficient (Wildman–Crippen LogP) is 3.70. The Hall–Kier alpha value is -4.24. The van der Waals surface area contributed by atoms with Crippen LogP contribution in [0.4, 0.5) is 11.6 Å². The molecule has 9 heteroatoms. The first kappa shape index (κ1) is 24.1. The van der Waals surface area contributed by atoms with E-state index in [0.29, 0.717) is 17.6 Å². The Labute approximate surface area is 221 Å². The number of pyridine rings is 1. The minimum atomic E-state index is -0.0314. The van der Waals surface area contributed by atoms with E-state index in [2.05, 4.69) is 44.8 Å². The zero-order chi connectivity index (χ0) is 26.1. The van der Waals surface area contributed by atoms with Gasteiger partial charge < -0.3 is 15.5 Å². The van der Waals surface area contributed by atoms with Gasteiger partial charge in [-0.3, -0.25) is 14.5 Å². The molecular weight excluding hydrogens is 478 g/mol. The van der Waals surface area contributed by atoms with Crippen LogP contribution in [0.3, 0.4) is 0 Å². The molecule has 9 nitrogen and oxygen atoms in total. The first-order chi connectivity index (χ1) is 18.5. The lowest BCUT2D eigenvalue weighted by Crippen LogP contribution is -2.47. The number of hydrogen-bond acceptors (Lipinski definition) is 6. The van der Waals surface area contributed by atoms with E-state index in [1.807, 2.05) is 51.9 Å². The van der Waals surface area contributed by atoms with Crippen molar-refractivity contribution >= 4 is 29.1 Å².